The van der Waals surface area contributed by atoms with E-state index < -0.39 is 0 Å². The normalized spacial score (nSPS) is 13.6. The molecule has 0 amide bonds. The van der Waals surface area contributed by atoms with Crippen molar-refractivity contribution in [3.05, 3.63) is 181 Å². The Morgan fingerprint density at radius 3 is 1.55 bits per heavy atom. The number of rotatable bonds is 4. The first-order valence-electron chi connectivity index (χ1n) is 17.7. The molecule has 1 aliphatic carbocycles. The zero-order valence-electron chi connectivity index (χ0n) is 27.9. The number of benzene rings is 7. The Bertz CT molecular complexity index is 2980. The van der Waals surface area contributed by atoms with E-state index in [-0.39, 0.29) is 0 Å². The van der Waals surface area contributed by atoms with Crippen molar-refractivity contribution in [2.75, 3.05) is 0 Å². The number of nitrogens with zero attached hydrogens (tertiary/aromatic N) is 2. The smallest absolute Gasteiger partial charge is 0.135 e. The van der Waals surface area contributed by atoms with E-state index in [9.17, 15) is 0 Å². The van der Waals surface area contributed by atoms with E-state index in [0.717, 1.165) is 40.5 Å². The number of fused-ring (bicyclic) bond motifs is 9. The summed E-state index contributed by atoms with van der Waals surface area (Å²) in [4.78, 5) is 0. The second-order valence-corrected chi connectivity index (χ2v) is 13.7. The average Bonchev–Trinajstić information content (AvgIpc) is 3.85. The molecule has 0 aliphatic heterocycles. The lowest BCUT2D eigenvalue weighted by Gasteiger charge is -2.16. The van der Waals surface area contributed by atoms with Crippen LogP contribution < -0.4 is 0 Å². The van der Waals surface area contributed by atoms with Crippen LogP contribution in [-0.4, -0.2) is 9.13 Å². The highest BCUT2D eigenvalue weighted by Gasteiger charge is 2.17. The zero-order chi connectivity index (χ0) is 33.5. The molecule has 0 unspecified atom stereocenters. The Kier molecular flexibility index (Phi) is 6.08. The number of hydrogen-bond donors (Lipinski definition) is 0. The summed E-state index contributed by atoms with van der Waals surface area (Å²) < 4.78 is 11.2. The van der Waals surface area contributed by atoms with Crippen LogP contribution in [0.2, 0.25) is 0 Å². The molecule has 7 aromatic carbocycles. The van der Waals surface area contributed by atoms with E-state index in [1.165, 1.54) is 71.6 Å². The van der Waals surface area contributed by atoms with Gasteiger partial charge in [-0.2, -0.15) is 0 Å². The Hall–Kier alpha value is -6.58. The predicted octanol–water partition coefficient (Wildman–Crippen LogP) is 13.0. The van der Waals surface area contributed by atoms with Gasteiger partial charge in [-0.25, -0.2) is 0 Å². The van der Waals surface area contributed by atoms with E-state index >= 15 is 0 Å². The SMILES string of the molecule is C1=C(c2cccc(-n3c4ccccc4c4ccccc43)c2)C=C(c2ccc3oc4ccc(-n5c6ccccc6c6ccccc65)cc4c3c2)CC1. The van der Waals surface area contributed by atoms with E-state index in [0.29, 0.717) is 0 Å². The first-order valence-corrected chi connectivity index (χ1v) is 17.7. The van der Waals surface area contributed by atoms with Crippen LogP contribution >= 0.6 is 0 Å². The first kappa shape index (κ1) is 28.3. The third kappa shape index (κ3) is 4.31. The Balaban J connectivity index is 1.00. The molecule has 3 nitrogen and oxygen atoms in total. The highest BCUT2D eigenvalue weighted by atomic mass is 16.3. The molecule has 0 saturated carbocycles. The third-order valence-corrected chi connectivity index (χ3v) is 10.8. The first-order chi connectivity index (χ1) is 25.3. The maximum atomic E-state index is 6.40. The van der Waals surface area contributed by atoms with Crippen LogP contribution in [0.4, 0.5) is 0 Å². The standard InChI is InChI=1S/C48H32N2O/c1-5-19-43-37(15-1)38-16-2-6-20-44(38)49(43)35-14-10-13-33(28-35)31-11-9-12-32(27-31)34-23-25-47-41(29-34)42-30-36(24-26-48(42)51-47)50-45-21-7-3-17-39(45)40-18-4-8-22-46(40)50/h1-8,10-11,13-30H,9,12H2. The van der Waals surface area contributed by atoms with Gasteiger partial charge in [0, 0.05) is 43.7 Å². The molecule has 240 valence electrons. The van der Waals surface area contributed by atoms with Gasteiger partial charge in [0.25, 0.3) is 0 Å². The van der Waals surface area contributed by atoms with Crippen molar-refractivity contribution >= 4 is 76.7 Å². The molecular formula is C48H32N2O. The van der Waals surface area contributed by atoms with Crippen molar-refractivity contribution < 1.29 is 4.42 Å². The molecule has 0 fully saturated rings. The maximum Gasteiger partial charge on any atom is 0.135 e. The number of allylic oxidation sites excluding steroid dienone is 4. The number of aromatic nitrogens is 2. The molecule has 0 radical (unpaired) electrons. The zero-order valence-corrected chi connectivity index (χ0v) is 27.9. The van der Waals surface area contributed by atoms with Crippen molar-refractivity contribution in [3.8, 4) is 11.4 Å². The molecule has 0 bridgehead atoms. The quantitative estimate of drug-likeness (QED) is 0.186. The molecule has 0 spiro atoms. The molecule has 3 aromatic heterocycles. The molecule has 0 saturated heterocycles. The van der Waals surface area contributed by atoms with Gasteiger partial charge in [-0.15, -0.1) is 0 Å². The van der Waals surface area contributed by atoms with Crippen molar-refractivity contribution in [2.45, 2.75) is 12.8 Å². The van der Waals surface area contributed by atoms with Crippen LogP contribution in [0.25, 0.3) is 88.1 Å². The van der Waals surface area contributed by atoms with Gasteiger partial charge in [-0.1, -0.05) is 103 Å². The van der Waals surface area contributed by atoms with Crippen LogP contribution in [0.3, 0.4) is 0 Å². The lowest BCUT2D eigenvalue weighted by atomic mass is 9.90. The number of para-hydroxylation sites is 4. The van der Waals surface area contributed by atoms with Gasteiger partial charge < -0.3 is 13.6 Å². The van der Waals surface area contributed by atoms with E-state index in [1.807, 2.05) is 0 Å². The Morgan fingerprint density at radius 1 is 0.412 bits per heavy atom. The molecule has 11 rings (SSSR count). The summed E-state index contributed by atoms with van der Waals surface area (Å²) in [5, 5.41) is 7.37. The van der Waals surface area contributed by atoms with E-state index in [2.05, 4.69) is 179 Å². The number of furan rings is 1. The van der Waals surface area contributed by atoms with Gasteiger partial charge in [0.05, 0.1) is 22.1 Å². The highest BCUT2D eigenvalue weighted by molar-refractivity contribution is 6.11. The van der Waals surface area contributed by atoms with Gasteiger partial charge in [0.15, 0.2) is 0 Å². The molecule has 3 heterocycles. The second kappa shape index (κ2) is 11.0. The van der Waals surface area contributed by atoms with E-state index in [4.69, 9.17) is 4.42 Å². The van der Waals surface area contributed by atoms with Crippen molar-refractivity contribution in [2.24, 2.45) is 0 Å². The fourth-order valence-corrected chi connectivity index (χ4v) is 8.46. The van der Waals surface area contributed by atoms with Crippen LogP contribution in [-0.2, 0) is 0 Å². The van der Waals surface area contributed by atoms with E-state index in [1.54, 1.807) is 0 Å². The maximum absolute atomic E-state index is 6.40. The minimum absolute atomic E-state index is 0.909. The Morgan fingerprint density at radius 2 is 0.941 bits per heavy atom. The van der Waals surface area contributed by atoms with Crippen LogP contribution in [0.15, 0.2) is 174 Å². The molecule has 0 atom stereocenters. The summed E-state index contributed by atoms with van der Waals surface area (Å²) in [6, 6.07) is 57.1. The van der Waals surface area contributed by atoms with Gasteiger partial charge in [0.1, 0.15) is 11.2 Å². The van der Waals surface area contributed by atoms with Crippen molar-refractivity contribution in [1.29, 1.82) is 0 Å². The van der Waals surface area contributed by atoms with Gasteiger partial charge in [0.2, 0.25) is 0 Å². The fraction of sp³-hybridized carbons (Fsp3) is 0.0417. The van der Waals surface area contributed by atoms with Crippen LogP contribution in [0.1, 0.15) is 24.0 Å². The minimum Gasteiger partial charge on any atom is -0.456 e. The lowest BCUT2D eigenvalue weighted by molar-refractivity contribution is 0.669. The van der Waals surface area contributed by atoms with Gasteiger partial charge in [-0.05, 0) is 102 Å². The van der Waals surface area contributed by atoms with Crippen molar-refractivity contribution in [3.63, 3.8) is 0 Å². The summed E-state index contributed by atoms with van der Waals surface area (Å²) in [7, 11) is 0. The molecular weight excluding hydrogens is 621 g/mol. The summed E-state index contributed by atoms with van der Waals surface area (Å²) in [5.41, 5.74) is 14.1. The van der Waals surface area contributed by atoms with Gasteiger partial charge in [-0.3, -0.25) is 0 Å². The van der Waals surface area contributed by atoms with Crippen LogP contribution in [0, 0.1) is 0 Å². The molecule has 3 heteroatoms. The second-order valence-electron chi connectivity index (χ2n) is 13.7. The highest BCUT2D eigenvalue weighted by Crippen LogP contribution is 2.39. The monoisotopic (exact) mass is 652 g/mol. The third-order valence-electron chi connectivity index (χ3n) is 10.8. The minimum atomic E-state index is 0.909. The summed E-state index contributed by atoms with van der Waals surface area (Å²) in [6.45, 7) is 0. The molecule has 10 aromatic rings. The summed E-state index contributed by atoms with van der Waals surface area (Å²) in [6.07, 6.45) is 6.78. The number of hydrogen-bond acceptors (Lipinski definition) is 1. The van der Waals surface area contributed by atoms with Crippen molar-refractivity contribution in [1.82, 2.24) is 9.13 Å². The predicted molar refractivity (Wildman–Crippen MR) is 214 cm³/mol. The summed E-state index contributed by atoms with van der Waals surface area (Å²) >= 11 is 0. The topological polar surface area (TPSA) is 23.0 Å². The largest absolute Gasteiger partial charge is 0.456 e. The van der Waals surface area contributed by atoms with Crippen LogP contribution in [0.5, 0.6) is 0 Å². The molecule has 51 heavy (non-hydrogen) atoms. The molecule has 0 N–H and O–H groups in total. The van der Waals surface area contributed by atoms with Gasteiger partial charge >= 0.3 is 0 Å². The average molecular weight is 653 g/mol. The Labute approximate surface area is 294 Å². The lowest BCUT2D eigenvalue weighted by Crippen LogP contribution is -1.97. The summed E-state index contributed by atoms with van der Waals surface area (Å²) in [5.74, 6) is 0. The molecule has 1 aliphatic rings. The fourth-order valence-electron chi connectivity index (χ4n) is 8.46.